The topological polar surface area (TPSA) is 80.4 Å². The molecule has 3 aromatic rings. The molecule has 0 saturated carbocycles. The van der Waals surface area contributed by atoms with Crippen molar-refractivity contribution < 1.29 is 14.4 Å². The second-order valence-electron chi connectivity index (χ2n) is 6.21. The molecule has 0 fully saturated rings. The van der Waals surface area contributed by atoms with Gasteiger partial charge in [0.15, 0.2) is 0 Å². The zero-order valence-electron chi connectivity index (χ0n) is 14.0. The van der Waals surface area contributed by atoms with Crippen LogP contribution in [0.15, 0.2) is 53.1 Å². The summed E-state index contributed by atoms with van der Waals surface area (Å²) in [5.41, 5.74) is 1.17. The number of aliphatic hydroxyl groups excluding tert-OH is 1. The van der Waals surface area contributed by atoms with Crippen LogP contribution >= 0.6 is 11.6 Å². The summed E-state index contributed by atoms with van der Waals surface area (Å²) in [6.07, 6.45) is 0.651. The number of ether oxygens (including phenoxy) is 1. The normalized spacial score (nSPS) is 19.0. The lowest BCUT2D eigenvalue weighted by molar-refractivity contribution is 0.103. The van der Waals surface area contributed by atoms with Crippen LogP contribution in [0.3, 0.4) is 0 Å². The van der Waals surface area contributed by atoms with Crippen LogP contribution in [0.25, 0.3) is 11.4 Å². The van der Waals surface area contributed by atoms with Gasteiger partial charge in [-0.1, -0.05) is 35.0 Å². The first-order valence-electron chi connectivity index (χ1n) is 8.37. The number of rotatable bonds is 5. The Morgan fingerprint density at radius 1 is 1.15 bits per heavy atom. The standard InChI is InChI=1S/C19H18ClN3O3/c20-14-7-5-13(6-8-14)18-22-17(26-23-18)11-21-19(12-24)9-10-25-16-4-2-1-3-15(16)19/h1-8,21,24H,9-12H2/t19-/m1/s1. The molecule has 0 radical (unpaired) electrons. The monoisotopic (exact) mass is 371 g/mol. The van der Waals surface area contributed by atoms with Crippen molar-refractivity contribution in [1.29, 1.82) is 0 Å². The second-order valence-corrected chi connectivity index (χ2v) is 6.64. The average Bonchev–Trinajstić information content (AvgIpc) is 3.16. The van der Waals surface area contributed by atoms with E-state index >= 15 is 0 Å². The molecule has 2 N–H and O–H groups in total. The maximum atomic E-state index is 10.1. The summed E-state index contributed by atoms with van der Waals surface area (Å²) in [4.78, 5) is 4.42. The summed E-state index contributed by atoms with van der Waals surface area (Å²) in [5, 5.41) is 18.1. The van der Waals surface area contributed by atoms with Crippen molar-refractivity contribution in [2.75, 3.05) is 13.2 Å². The van der Waals surface area contributed by atoms with Crippen molar-refractivity contribution in [2.45, 2.75) is 18.5 Å². The number of fused-ring (bicyclic) bond motifs is 1. The van der Waals surface area contributed by atoms with Crippen molar-refractivity contribution in [2.24, 2.45) is 0 Å². The third-order valence-electron chi connectivity index (χ3n) is 4.61. The Bertz CT molecular complexity index is 897. The van der Waals surface area contributed by atoms with E-state index in [0.29, 0.717) is 36.3 Å². The molecule has 0 amide bonds. The van der Waals surface area contributed by atoms with Crippen molar-refractivity contribution in [1.82, 2.24) is 15.5 Å². The first-order chi connectivity index (χ1) is 12.7. The minimum atomic E-state index is -0.594. The molecule has 0 aliphatic carbocycles. The molecule has 0 spiro atoms. The van der Waals surface area contributed by atoms with Crippen molar-refractivity contribution in [3.05, 3.63) is 65.0 Å². The fourth-order valence-corrected chi connectivity index (χ4v) is 3.28. The first kappa shape index (κ1) is 17.0. The van der Waals surface area contributed by atoms with Gasteiger partial charge in [-0.15, -0.1) is 0 Å². The minimum absolute atomic E-state index is 0.0500. The van der Waals surface area contributed by atoms with Gasteiger partial charge < -0.3 is 14.4 Å². The lowest BCUT2D eigenvalue weighted by Gasteiger charge is -2.38. The van der Waals surface area contributed by atoms with E-state index < -0.39 is 5.54 Å². The highest BCUT2D eigenvalue weighted by Crippen LogP contribution is 2.36. The van der Waals surface area contributed by atoms with Crippen LogP contribution in [0.5, 0.6) is 5.75 Å². The Kier molecular flexibility index (Phi) is 4.63. The number of hydrogen-bond acceptors (Lipinski definition) is 6. The van der Waals surface area contributed by atoms with Crippen LogP contribution in [-0.4, -0.2) is 28.5 Å². The number of hydrogen-bond donors (Lipinski definition) is 2. The van der Waals surface area contributed by atoms with Gasteiger partial charge in [-0.25, -0.2) is 0 Å². The number of halogens is 1. The number of nitrogens with zero attached hydrogens (tertiary/aromatic N) is 2. The van der Waals surface area contributed by atoms with Crippen LogP contribution in [0.2, 0.25) is 5.02 Å². The third-order valence-corrected chi connectivity index (χ3v) is 4.86. The van der Waals surface area contributed by atoms with Gasteiger partial charge >= 0.3 is 0 Å². The zero-order valence-corrected chi connectivity index (χ0v) is 14.7. The van der Waals surface area contributed by atoms with E-state index in [0.717, 1.165) is 16.9 Å². The molecule has 2 heterocycles. The largest absolute Gasteiger partial charge is 0.493 e. The summed E-state index contributed by atoms with van der Waals surface area (Å²) in [5.74, 6) is 1.74. The van der Waals surface area contributed by atoms with Gasteiger partial charge in [-0.3, -0.25) is 5.32 Å². The molecular formula is C19H18ClN3O3. The Morgan fingerprint density at radius 3 is 2.77 bits per heavy atom. The highest BCUT2D eigenvalue weighted by atomic mass is 35.5. The fraction of sp³-hybridized carbons (Fsp3) is 0.263. The van der Waals surface area contributed by atoms with E-state index in [1.54, 1.807) is 12.1 Å². The van der Waals surface area contributed by atoms with E-state index in [1.165, 1.54) is 0 Å². The van der Waals surface area contributed by atoms with Crippen LogP contribution < -0.4 is 10.1 Å². The van der Waals surface area contributed by atoms with Gasteiger partial charge in [0, 0.05) is 22.6 Å². The van der Waals surface area contributed by atoms with Gasteiger partial charge in [0.2, 0.25) is 11.7 Å². The zero-order chi connectivity index (χ0) is 18.0. The summed E-state index contributed by atoms with van der Waals surface area (Å²) < 4.78 is 11.0. The molecule has 0 bridgehead atoms. The van der Waals surface area contributed by atoms with Crippen LogP contribution in [0, 0.1) is 0 Å². The van der Waals surface area contributed by atoms with Gasteiger partial charge in [-0.2, -0.15) is 4.98 Å². The highest BCUT2D eigenvalue weighted by Gasteiger charge is 2.37. The maximum absolute atomic E-state index is 10.1. The second kappa shape index (κ2) is 7.07. The molecule has 1 atom stereocenters. The summed E-state index contributed by atoms with van der Waals surface area (Å²) in [6, 6.07) is 15.0. The number of nitrogens with one attached hydrogen (secondary N) is 1. The summed E-state index contributed by atoms with van der Waals surface area (Å²) in [7, 11) is 0. The van der Waals surface area contributed by atoms with E-state index in [1.807, 2.05) is 36.4 Å². The first-order valence-corrected chi connectivity index (χ1v) is 8.75. The van der Waals surface area contributed by atoms with Gasteiger partial charge in [0.1, 0.15) is 5.75 Å². The molecule has 134 valence electrons. The third kappa shape index (κ3) is 3.19. The quantitative estimate of drug-likeness (QED) is 0.717. The predicted octanol–water partition coefficient (Wildman–Crippen LogP) is 3.15. The van der Waals surface area contributed by atoms with Gasteiger partial charge in [0.25, 0.3) is 0 Å². The molecule has 2 aromatic carbocycles. The molecule has 6 nitrogen and oxygen atoms in total. The van der Waals surface area contributed by atoms with Crippen LogP contribution in [-0.2, 0) is 12.1 Å². The van der Waals surface area contributed by atoms with E-state index in [9.17, 15) is 5.11 Å². The number of aliphatic hydroxyl groups is 1. The van der Waals surface area contributed by atoms with E-state index in [4.69, 9.17) is 20.9 Å². The molecule has 1 aliphatic rings. The summed E-state index contributed by atoms with van der Waals surface area (Å²) >= 11 is 5.90. The average molecular weight is 372 g/mol. The predicted molar refractivity (Wildman–Crippen MR) is 96.9 cm³/mol. The van der Waals surface area contributed by atoms with E-state index in [-0.39, 0.29) is 6.61 Å². The fourth-order valence-electron chi connectivity index (χ4n) is 3.15. The smallest absolute Gasteiger partial charge is 0.240 e. The molecular weight excluding hydrogens is 354 g/mol. The minimum Gasteiger partial charge on any atom is -0.493 e. The summed E-state index contributed by atoms with van der Waals surface area (Å²) in [6.45, 7) is 0.825. The molecule has 7 heteroatoms. The molecule has 0 unspecified atom stereocenters. The highest BCUT2D eigenvalue weighted by molar-refractivity contribution is 6.30. The maximum Gasteiger partial charge on any atom is 0.240 e. The van der Waals surface area contributed by atoms with E-state index in [2.05, 4.69) is 15.5 Å². The Balaban J connectivity index is 1.53. The van der Waals surface area contributed by atoms with Crippen LogP contribution in [0.1, 0.15) is 17.9 Å². The van der Waals surface area contributed by atoms with Crippen molar-refractivity contribution in [3.8, 4) is 17.1 Å². The number of para-hydroxylation sites is 1. The molecule has 26 heavy (non-hydrogen) atoms. The molecule has 4 rings (SSSR count). The van der Waals surface area contributed by atoms with Gasteiger partial charge in [-0.05, 0) is 30.3 Å². The lowest BCUT2D eigenvalue weighted by Crippen LogP contribution is -2.48. The Labute approximate surface area is 155 Å². The van der Waals surface area contributed by atoms with Crippen molar-refractivity contribution >= 4 is 11.6 Å². The molecule has 1 aromatic heterocycles. The Morgan fingerprint density at radius 2 is 1.96 bits per heavy atom. The SMILES string of the molecule is OC[C@]1(NCc2nc(-c3ccc(Cl)cc3)no2)CCOc2ccccc21. The van der Waals surface area contributed by atoms with Gasteiger partial charge in [0.05, 0.1) is 25.3 Å². The number of benzene rings is 2. The van der Waals surface area contributed by atoms with Crippen LogP contribution in [0.4, 0.5) is 0 Å². The number of aromatic nitrogens is 2. The van der Waals surface area contributed by atoms with Crippen molar-refractivity contribution in [3.63, 3.8) is 0 Å². The molecule has 1 aliphatic heterocycles. The lowest BCUT2D eigenvalue weighted by atomic mass is 9.85. The Hall–Kier alpha value is -2.41. The molecule has 0 saturated heterocycles.